The summed E-state index contributed by atoms with van der Waals surface area (Å²) < 4.78 is 48.3. The van der Waals surface area contributed by atoms with Crippen LogP contribution in [0.15, 0.2) is 41.1 Å². The van der Waals surface area contributed by atoms with Crippen molar-refractivity contribution in [2.75, 3.05) is 25.0 Å². The Kier molecular flexibility index (Phi) is 5.98. The van der Waals surface area contributed by atoms with Crippen molar-refractivity contribution in [1.29, 1.82) is 0 Å². The molecule has 1 fully saturated rings. The highest BCUT2D eigenvalue weighted by Gasteiger charge is 2.31. The zero-order valence-corrected chi connectivity index (χ0v) is 14.7. The number of hydrogen-bond donors (Lipinski definition) is 1. The van der Waals surface area contributed by atoms with Gasteiger partial charge in [0.2, 0.25) is 5.91 Å². The summed E-state index contributed by atoms with van der Waals surface area (Å²) in [6, 6.07) is 5.33. The molecular weight excluding hydrogens is 379 g/mol. The number of benzene rings is 1. The first kappa shape index (κ1) is 19.9. The average molecular weight is 397 g/mol. The minimum atomic E-state index is -4.49. The second-order valence-electron chi connectivity index (χ2n) is 6.33. The number of ether oxygens (including phenoxy) is 1. The number of carbonyl (C=O) groups excluding carboxylic acids is 2. The number of amides is 2. The molecule has 0 bridgehead atoms. The zero-order chi connectivity index (χ0) is 20.1. The number of halogens is 3. The molecule has 150 valence electrons. The Hall–Kier alpha value is -2.88. The molecule has 0 spiro atoms. The summed E-state index contributed by atoms with van der Waals surface area (Å²) in [4.78, 5) is 26.3. The van der Waals surface area contributed by atoms with Gasteiger partial charge in [-0.3, -0.25) is 9.59 Å². The molecule has 2 heterocycles. The first-order valence-corrected chi connectivity index (χ1v) is 8.61. The quantitative estimate of drug-likeness (QED) is 0.810. The maximum Gasteiger partial charge on any atom is 0.416 e. The topological polar surface area (TPSA) is 84.7 Å². The van der Waals surface area contributed by atoms with E-state index in [1.807, 2.05) is 0 Å². The fourth-order valence-corrected chi connectivity index (χ4v) is 2.87. The first-order valence-electron chi connectivity index (χ1n) is 8.61. The first-order chi connectivity index (χ1) is 13.3. The highest BCUT2D eigenvalue weighted by molar-refractivity contribution is 5.99. The van der Waals surface area contributed by atoms with Crippen LogP contribution in [-0.4, -0.2) is 47.7 Å². The van der Waals surface area contributed by atoms with Crippen LogP contribution in [0.4, 0.5) is 19.0 Å². The third kappa shape index (κ3) is 5.10. The number of carbonyl (C=O) groups is 2. The normalized spacial score (nSPS) is 16.8. The van der Waals surface area contributed by atoms with Gasteiger partial charge < -0.3 is 19.5 Å². The van der Waals surface area contributed by atoms with Crippen molar-refractivity contribution in [3.63, 3.8) is 0 Å². The van der Waals surface area contributed by atoms with Gasteiger partial charge in [-0.1, -0.05) is 5.16 Å². The van der Waals surface area contributed by atoms with Crippen molar-refractivity contribution in [3.05, 3.63) is 47.7 Å². The van der Waals surface area contributed by atoms with E-state index in [2.05, 4.69) is 15.0 Å². The second kappa shape index (κ2) is 8.42. The van der Waals surface area contributed by atoms with Crippen molar-refractivity contribution in [2.24, 2.45) is 0 Å². The number of aromatic nitrogens is 1. The van der Waals surface area contributed by atoms with Gasteiger partial charge in [0.15, 0.2) is 5.82 Å². The molecule has 28 heavy (non-hydrogen) atoms. The van der Waals surface area contributed by atoms with Gasteiger partial charge in [-0.2, -0.15) is 13.2 Å². The van der Waals surface area contributed by atoms with Crippen LogP contribution in [0.1, 0.15) is 28.8 Å². The van der Waals surface area contributed by atoms with Crippen molar-refractivity contribution < 1.29 is 32.0 Å². The average Bonchev–Trinajstić information content (AvgIpc) is 3.34. The van der Waals surface area contributed by atoms with Crippen molar-refractivity contribution in [2.45, 2.75) is 25.1 Å². The van der Waals surface area contributed by atoms with Gasteiger partial charge in [0, 0.05) is 24.8 Å². The van der Waals surface area contributed by atoms with E-state index in [1.54, 1.807) is 0 Å². The van der Waals surface area contributed by atoms with Crippen LogP contribution in [0.5, 0.6) is 0 Å². The lowest BCUT2D eigenvalue weighted by Gasteiger charge is -2.25. The van der Waals surface area contributed by atoms with E-state index in [4.69, 9.17) is 4.74 Å². The van der Waals surface area contributed by atoms with Gasteiger partial charge in [0.1, 0.15) is 12.8 Å². The third-order valence-corrected chi connectivity index (χ3v) is 4.23. The minimum Gasteiger partial charge on any atom is -0.376 e. The molecule has 1 atom stereocenters. The van der Waals surface area contributed by atoms with Crippen LogP contribution >= 0.6 is 0 Å². The van der Waals surface area contributed by atoms with E-state index in [1.165, 1.54) is 17.2 Å². The molecule has 3 rings (SSSR count). The van der Waals surface area contributed by atoms with Crippen LogP contribution in [0.3, 0.4) is 0 Å². The van der Waals surface area contributed by atoms with Crippen molar-refractivity contribution in [1.82, 2.24) is 10.1 Å². The summed E-state index contributed by atoms with van der Waals surface area (Å²) >= 11 is 0. The molecule has 1 aromatic heterocycles. The third-order valence-electron chi connectivity index (χ3n) is 4.23. The van der Waals surface area contributed by atoms with Crippen LogP contribution in [0.25, 0.3) is 0 Å². The van der Waals surface area contributed by atoms with Gasteiger partial charge in [-0.25, -0.2) is 0 Å². The Labute approximate surface area is 158 Å². The Balaban J connectivity index is 1.72. The maximum atomic E-state index is 12.8. The fraction of sp³-hybridized carbons (Fsp3) is 0.389. The van der Waals surface area contributed by atoms with Gasteiger partial charge >= 0.3 is 6.18 Å². The molecule has 1 aliphatic heterocycles. The molecule has 1 N–H and O–H groups in total. The van der Waals surface area contributed by atoms with E-state index in [-0.39, 0.29) is 30.6 Å². The standard InChI is InChI=1S/C18H18F3N3O4/c19-18(20,21)13-5-3-12(4-6-13)17(26)24(10-14-2-1-8-27-14)11-16(25)22-15-7-9-28-23-15/h3-7,9,14H,1-2,8,10-11H2,(H,22,23,25). The Bertz CT molecular complexity index is 800. The fourth-order valence-electron chi connectivity index (χ4n) is 2.87. The van der Waals surface area contributed by atoms with E-state index in [0.717, 1.165) is 37.1 Å². The summed E-state index contributed by atoms with van der Waals surface area (Å²) in [7, 11) is 0. The Morgan fingerprint density at radius 1 is 1.21 bits per heavy atom. The lowest BCUT2D eigenvalue weighted by atomic mass is 10.1. The Morgan fingerprint density at radius 3 is 2.54 bits per heavy atom. The summed E-state index contributed by atoms with van der Waals surface area (Å²) in [6.07, 6.45) is -1.85. The Morgan fingerprint density at radius 2 is 1.96 bits per heavy atom. The number of anilines is 1. The number of nitrogens with one attached hydrogen (secondary N) is 1. The van der Waals surface area contributed by atoms with E-state index >= 15 is 0 Å². The lowest BCUT2D eigenvalue weighted by Crippen LogP contribution is -2.42. The zero-order valence-electron chi connectivity index (χ0n) is 14.7. The molecule has 1 aliphatic rings. The minimum absolute atomic E-state index is 0.0558. The lowest BCUT2D eigenvalue weighted by molar-refractivity contribution is -0.137. The van der Waals surface area contributed by atoms with Crippen LogP contribution < -0.4 is 5.32 Å². The summed E-state index contributed by atoms with van der Waals surface area (Å²) in [6.45, 7) is 0.427. The van der Waals surface area contributed by atoms with E-state index < -0.39 is 23.6 Å². The summed E-state index contributed by atoms with van der Waals surface area (Å²) in [5, 5.41) is 6.05. The van der Waals surface area contributed by atoms with Gasteiger partial charge in [-0.15, -0.1) is 0 Å². The highest BCUT2D eigenvalue weighted by Crippen LogP contribution is 2.29. The smallest absolute Gasteiger partial charge is 0.376 e. The SMILES string of the molecule is O=C(CN(CC1CCCO1)C(=O)c1ccc(C(F)(F)F)cc1)Nc1ccon1. The van der Waals surface area contributed by atoms with Crippen molar-refractivity contribution in [3.8, 4) is 0 Å². The van der Waals surface area contributed by atoms with Gasteiger partial charge in [-0.05, 0) is 37.1 Å². The monoisotopic (exact) mass is 397 g/mol. The van der Waals surface area contributed by atoms with E-state index in [9.17, 15) is 22.8 Å². The van der Waals surface area contributed by atoms with Crippen LogP contribution in [0, 0.1) is 0 Å². The molecule has 2 aromatic rings. The molecule has 0 saturated carbocycles. The van der Waals surface area contributed by atoms with Gasteiger partial charge in [0.25, 0.3) is 5.91 Å². The summed E-state index contributed by atoms with van der Waals surface area (Å²) in [5.41, 5.74) is -0.793. The molecule has 0 aliphatic carbocycles. The molecule has 1 unspecified atom stereocenters. The number of nitrogens with zero attached hydrogens (tertiary/aromatic N) is 2. The molecule has 0 radical (unpaired) electrons. The number of hydrogen-bond acceptors (Lipinski definition) is 5. The van der Waals surface area contributed by atoms with E-state index in [0.29, 0.717) is 6.61 Å². The molecule has 1 aromatic carbocycles. The van der Waals surface area contributed by atoms with Crippen molar-refractivity contribution >= 4 is 17.6 Å². The maximum absolute atomic E-state index is 12.8. The largest absolute Gasteiger partial charge is 0.416 e. The second-order valence-corrected chi connectivity index (χ2v) is 6.33. The molecular formula is C18H18F3N3O4. The summed E-state index contributed by atoms with van der Waals surface area (Å²) in [5.74, 6) is -0.865. The molecule has 1 saturated heterocycles. The molecule has 7 nitrogen and oxygen atoms in total. The van der Waals surface area contributed by atoms with Crippen LogP contribution in [0.2, 0.25) is 0 Å². The molecule has 2 amide bonds. The van der Waals surface area contributed by atoms with Crippen LogP contribution in [-0.2, 0) is 15.7 Å². The highest BCUT2D eigenvalue weighted by atomic mass is 19.4. The number of rotatable bonds is 6. The predicted octanol–water partition coefficient (Wildman–Crippen LogP) is 2.95. The predicted molar refractivity (Wildman–Crippen MR) is 91.5 cm³/mol. The number of alkyl halides is 3. The van der Waals surface area contributed by atoms with Gasteiger partial charge in [0.05, 0.1) is 11.7 Å². The molecule has 10 heteroatoms.